The molecule has 1 aromatic rings. The van der Waals surface area contributed by atoms with Crippen molar-refractivity contribution < 1.29 is 9.53 Å². The predicted octanol–water partition coefficient (Wildman–Crippen LogP) is 1.41. The standard InChI is InChI=1S/C14H22N2O2/c1-11-4-6-13(7-5-11)12(2)16-14(17)10-15-8-9-18-3/h4-7,12,15H,8-10H2,1-3H3,(H,16,17)/t12-/m0/s1. The Balaban J connectivity index is 2.33. The number of hydrogen-bond acceptors (Lipinski definition) is 3. The maximum Gasteiger partial charge on any atom is 0.234 e. The van der Waals surface area contributed by atoms with E-state index < -0.39 is 0 Å². The van der Waals surface area contributed by atoms with Crippen molar-refractivity contribution in [2.24, 2.45) is 0 Å². The van der Waals surface area contributed by atoms with Gasteiger partial charge in [-0.2, -0.15) is 0 Å². The van der Waals surface area contributed by atoms with Crippen LogP contribution in [0, 0.1) is 6.92 Å². The molecule has 0 fully saturated rings. The van der Waals surface area contributed by atoms with Gasteiger partial charge in [-0.25, -0.2) is 0 Å². The van der Waals surface area contributed by atoms with E-state index in [1.54, 1.807) is 7.11 Å². The van der Waals surface area contributed by atoms with Crippen molar-refractivity contribution in [2.45, 2.75) is 19.9 Å². The van der Waals surface area contributed by atoms with Crippen LogP contribution in [-0.4, -0.2) is 32.7 Å². The molecule has 100 valence electrons. The topological polar surface area (TPSA) is 50.4 Å². The summed E-state index contributed by atoms with van der Waals surface area (Å²) in [4.78, 5) is 11.6. The highest BCUT2D eigenvalue weighted by Crippen LogP contribution is 2.12. The lowest BCUT2D eigenvalue weighted by molar-refractivity contribution is -0.120. The molecule has 2 N–H and O–H groups in total. The smallest absolute Gasteiger partial charge is 0.234 e. The van der Waals surface area contributed by atoms with Crippen LogP contribution < -0.4 is 10.6 Å². The number of hydrogen-bond donors (Lipinski definition) is 2. The van der Waals surface area contributed by atoms with Crippen molar-refractivity contribution in [3.05, 3.63) is 35.4 Å². The lowest BCUT2D eigenvalue weighted by atomic mass is 10.1. The minimum Gasteiger partial charge on any atom is -0.383 e. The third-order valence-corrected chi connectivity index (χ3v) is 2.72. The molecule has 18 heavy (non-hydrogen) atoms. The SMILES string of the molecule is COCCNCC(=O)N[C@@H](C)c1ccc(C)cc1. The molecule has 4 nitrogen and oxygen atoms in total. The van der Waals surface area contributed by atoms with E-state index >= 15 is 0 Å². The highest BCUT2D eigenvalue weighted by molar-refractivity contribution is 5.78. The molecule has 0 radical (unpaired) electrons. The van der Waals surface area contributed by atoms with Crippen molar-refractivity contribution in [1.82, 2.24) is 10.6 Å². The van der Waals surface area contributed by atoms with Crippen molar-refractivity contribution in [2.75, 3.05) is 26.8 Å². The van der Waals surface area contributed by atoms with Gasteiger partial charge in [0.15, 0.2) is 0 Å². The molecular formula is C14H22N2O2. The number of carbonyl (C=O) groups excluding carboxylic acids is 1. The number of methoxy groups -OCH3 is 1. The average molecular weight is 250 g/mol. The van der Waals surface area contributed by atoms with Crippen molar-refractivity contribution >= 4 is 5.91 Å². The van der Waals surface area contributed by atoms with E-state index in [1.807, 2.05) is 26.0 Å². The molecule has 0 spiro atoms. The first kappa shape index (κ1) is 14.7. The quantitative estimate of drug-likeness (QED) is 0.719. The lowest BCUT2D eigenvalue weighted by Crippen LogP contribution is -2.36. The van der Waals surface area contributed by atoms with Gasteiger partial charge < -0.3 is 15.4 Å². The van der Waals surface area contributed by atoms with E-state index in [1.165, 1.54) is 5.56 Å². The molecule has 0 unspecified atom stereocenters. The summed E-state index contributed by atoms with van der Waals surface area (Å²) in [6, 6.07) is 8.21. The molecule has 0 aliphatic carbocycles. The Hall–Kier alpha value is -1.39. The lowest BCUT2D eigenvalue weighted by Gasteiger charge is -2.14. The molecule has 0 aliphatic heterocycles. The average Bonchev–Trinajstić information content (AvgIpc) is 2.35. The summed E-state index contributed by atoms with van der Waals surface area (Å²) >= 11 is 0. The van der Waals surface area contributed by atoms with E-state index in [-0.39, 0.29) is 11.9 Å². The van der Waals surface area contributed by atoms with E-state index in [0.29, 0.717) is 19.7 Å². The maximum absolute atomic E-state index is 11.6. The monoisotopic (exact) mass is 250 g/mol. The second-order valence-electron chi connectivity index (χ2n) is 4.37. The first-order valence-electron chi connectivity index (χ1n) is 6.19. The van der Waals surface area contributed by atoms with Crippen molar-refractivity contribution in [1.29, 1.82) is 0 Å². The van der Waals surface area contributed by atoms with Crippen LogP contribution >= 0.6 is 0 Å². The van der Waals surface area contributed by atoms with E-state index in [2.05, 4.69) is 22.8 Å². The van der Waals surface area contributed by atoms with Gasteiger partial charge in [0.1, 0.15) is 0 Å². The molecule has 0 aromatic heterocycles. The van der Waals surface area contributed by atoms with Gasteiger partial charge in [0.25, 0.3) is 0 Å². The Kier molecular flexibility index (Phi) is 6.39. The summed E-state index contributed by atoms with van der Waals surface area (Å²) in [5, 5.41) is 5.97. The Bertz CT molecular complexity index is 363. The van der Waals surface area contributed by atoms with Gasteiger partial charge in [0.2, 0.25) is 5.91 Å². The third-order valence-electron chi connectivity index (χ3n) is 2.72. The minimum absolute atomic E-state index is 0.000761. The van der Waals surface area contributed by atoms with E-state index in [4.69, 9.17) is 4.74 Å². The summed E-state index contributed by atoms with van der Waals surface area (Å²) in [6.07, 6.45) is 0. The maximum atomic E-state index is 11.6. The summed E-state index contributed by atoms with van der Waals surface area (Å²) < 4.78 is 4.89. The Morgan fingerprint density at radius 1 is 1.33 bits per heavy atom. The van der Waals surface area contributed by atoms with Crippen LogP contribution in [0.4, 0.5) is 0 Å². The zero-order valence-corrected chi connectivity index (χ0v) is 11.3. The summed E-state index contributed by atoms with van der Waals surface area (Å²) in [7, 11) is 1.64. The van der Waals surface area contributed by atoms with Gasteiger partial charge in [0, 0.05) is 13.7 Å². The summed E-state index contributed by atoms with van der Waals surface area (Å²) in [6.45, 7) is 5.65. The van der Waals surface area contributed by atoms with Gasteiger partial charge in [-0.15, -0.1) is 0 Å². The fourth-order valence-corrected chi connectivity index (χ4v) is 1.61. The Morgan fingerprint density at radius 2 is 2.00 bits per heavy atom. The molecule has 4 heteroatoms. The van der Waals surface area contributed by atoms with Gasteiger partial charge in [-0.1, -0.05) is 29.8 Å². The molecule has 0 heterocycles. The van der Waals surface area contributed by atoms with Gasteiger partial charge in [-0.05, 0) is 19.4 Å². The normalized spacial score (nSPS) is 12.2. The fraction of sp³-hybridized carbons (Fsp3) is 0.500. The predicted molar refractivity (Wildman–Crippen MR) is 72.5 cm³/mol. The highest BCUT2D eigenvalue weighted by Gasteiger charge is 2.08. The first-order chi connectivity index (χ1) is 8.63. The van der Waals surface area contributed by atoms with Crippen molar-refractivity contribution in [3.63, 3.8) is 0 Å². The second kappa shape index (κ2) is 7.84. The molecule has 0 saturated carbocycles. The Labute approximate surface area is 109 Å². The molecule has 1 amide bonds. The third kappa shape index (κ3) is 5.29. The zero-order chi connectivity index (χ0) is 13.4. The van der Waals surface area contributed by atoms with Crippen LogP contribution in [0.1, 0.15) is 24.1 Å². The van der Waals surface area contributed by atoms with Gasteiger partial charge in [-0.3, -0.25) is 4.79 Å². The van der Waals surface area contributed by atoms with Crippen LogP contribution in [0.15, 0.2) is 24.3 Å². The van der Waals surface area contributed by atoms with Crippen LogP contribution in [0.25, 0.3) is 0 Å². The molecule has 0 aliphatic rings. The molecule has 1 atom stereocenters. The number of benzene rings is 1. The summed E-state index contributed by atoms with van der Waals surface area (Å²) in [5.74, 6) is -0.000761. The van der Waals surface area contributed by atoms with E-state index in [0.717, 1.165) is 5.56 Å². The number of aryl methyl sites for hydroxylation is 1. The van der Waals surface area contributed by atoms with Crippen LogP contribution in [0.5, 0.6) is 0 Å². The van der Waals surface area contributed by atoms with Gasteiger partial charge in [0.05, 0.1) is 19.2 Å². The zero-order valence-electron chi connectivity index (χ0n) is 11.3. The first-order valence-corrected chi connectivity index (χ1v) is 6.19. The van der Waals surface area contributed by atoms with Crippen LogP contribution in [0.2, 0.25) is 0 Å². The number of rotatable bonds is 7. The Morgan fingerprint density at radius 3 is 2.61 bits per heavy atom. The molecular weight excluding hydrogens is 228 g/mol. The van der Waals surface area contributed by atoms with E-state index in [9.17, 15) is 4.79 Å². The molecule has 0 bridgehead atoms. The number of amides is 1. The molecule has 1 aromatic carbocycles. The minimum atomic E-state index is -0.000761. The number of nitrogens with one attached hydrogen (secondary N) is 2. The number of carbonyl (C=O) groups is 1. The molecule has 0 saturated heterocycles. The summed E-state index contributed by atoms with van der Waals surface area (Å²) in [5.41, 5.74) is 2.34. The van der Waals surface area contributed by atoms with Crippen LogP contribution in [-0.2, 0) is 9.53 Å². The highest BCUT2D eigenvalue weighted by atomic mass is 16.5. The number of ether oxygens (including phenoxy) is 1. The molecule has 1 rings (SSSR count). The van der Waals surface area contributed by atoms with Crippen LogP contribution in [0.3, 0.4) is 0 Å². The fourth-order valence-electron chi connectivity index (χ4n) is 1.61. The second-order valence-corrected chi connectivity index (χ2v) is 4.37. The van der Waals surface area contributed by atoms with Crippen molar-refractivity contribution in [3.8, 4) is 0 Å². The largest absolute Gasteiger partial charge is 0.383 e. The van der Waals surface area contributed by atoms with Gasteiger partial charge >= 0.3 is 0 Å².